The van der Waals surface area contributed by atoms with Gasteiger partial charge in [-0.3, -0.25) is 0 Å². The van der Waals surface area contributed by atoms with Crippen LogP contribution in [0.1, 0.15) is 22.8 Å². The van der Waals surface area contributed by atoms with Gasteiger partial charge in [0.2, 0.25) is 0 Å². The van der Waals surface area contributed by atoms with Gasteiger partial charge in [-0.2, -0.15) is 5.26 Å². The second-order valence-corrected chi connectivity index (χ2v) is 6.32. The minimum atomic E-state index is -0.755. The van der Waals surface area contributed by atoms with E-state index in [1.807, 2.05) is 6.92 Å². The largest absolute Gasteiger partial charge is 0.387 e. The monoisotopic (exact) mass is 338 g/mol. The number of nitrogens with zero attached hydrogens (tertiary/aromatic N) is 2. The van der Waals surface area contributed by atoms with Crippen molar-refractivity contribution in [2.75, 3.05) is 5.75 Å². The molecule has 0 radical (unpaired) electrons. The Morgan fingerprint density at radius 1 is 1.38 bits per heavy atom. The summed E-state index contributed by atoms with van der Waals surface area (Å²) < 4.78 is 0. The number of halogens is 2. The fourth-order valence-corrected chi connectivity index (χ4v) is 3.19. The van der Waals surface area contributed by atoms with Crippen LogP contribution in [0.4, 0.5) is 0 Å². The molecular weight excluding hydrogens is 327 g/mol. The summed E-state index contributed by atoms with van der Waals surface area (Å²) in [7, 11) is 0. The third-order valence-electron chi connectivity index (χ3n) is 2.81. The number of thioether (sulfide) groups is 1. The summed E-state index contributed by atoms with van der Waals surface area (Å²) in [4.78, 5) is 4.23. The van der Waals surface area contributed by atoms with Crippen molar-refractivity contribution in [1.29, 1.82) is 5.26 Å². The first-order valence-electron chi connectivity index (χ1n) is 6.14. The van der Waals surface area contributed by atoms with Crippen LogP contribution in [0.5, 0.6) is 0 Å². The van der Waals surface area contributed by atoms with Gasteiger partial charge in [-0.05, 0) is 30.7 Å². The van der Waals surface area contributed by atoms with Crippen molar-refractivity contribution in [2.45, 2.75) is 18.1 Å². The molecule has 6 heteroatoms. The maximum absolute atomic E-state index is 10.2. The van der Waals surface area contributed by atoms with Crippen LogP contribution in [0.25, 0.3) is 0 Å². The SMILES string of the molecule is Cc1cnc(SCC(O)c2ccc(Cl)cc2Cl)c(C#N)c1. The van der Waals surface area contributed by atoms with Crippen LogP contribution in [0.15, 0.2) is 35.5 Å². The van der Waals surface area contributed by atoms with Gasteiger partial charge in [0.25, 0.3) is 0 Å². The van der Waals surface area contributed by atoms with E-state index in [9.17, 15) is 5.11 Å². The van der Waals surface area contributed by atoms with E-state index in [2.05, 4.69) is 11.1 Å². The molecule has 3 nitrogen and oxygen atoms in total. The highest BCUT2D eigenvalue weighted by molar-refractivity contribution is 7.99. The average Bonchev–Trinajstić information content (AvgIpc) is 2.45. The quantitative estimate of drug-likeness (QED) is 0.839. The Morgan fingerprint density at radius 3 is 2.81 bits per heavy atom. The molecule has 2 rings (SSSR count). The van der Waals surface area contributed by atoms with Crippen molar-refractivity contribution in [1.82, 2.24) is 4.98 Å². The van der Waals surface area contributed by atoms with Gasteiger partial charge < -0.3 is 5.11 Å². The zero-order chi connectivity index (χ0) is 15.4. The molecule has 1 N–H and O–H groups in total. The van der Waals surface area contributed by atoms with Crippen LogP contribution in [0, 0.1) is 18.3 Å². The summed E-state index contributed by atoms with van der Waals surface area (Å²) >= 11 is 13.2. The standard InChI is InChI=1S/C15H12Cl2N2OS/c1-9-4-10(6-18)15(19-7-9)21-8-14(20)12-3-2-11(16)5-13(12)17/h2-5,7,14,20H,8H2,1H3. The zero-order valence-electron chi connectivity index (χ0n) is 11.2. The van der Waals surface area contributed by atoms with E-state index in [4.69, 9.17) is 28.5 Å². The number of aromatic nitrogens is 1. The number of hydrogen-bond acceptors (Lipinski definition) is 4. The molecule has 1 atom stereocenters. The predicted molar refractivity (Wildman–Crippen MR) is 85.8 cm³/mol. The molecule has 1 aromatic heterocycles. The minimum absolute atomic E-state index is 0.353. The topological polar surface area (TPSA) is 56.9 Å². The van der Waals surface area contributed by atoms with Crippen molar-refractivity contribution in [2.24, 2.45) is 0 Å². The van der Waals surface area contributed by atoms with Crippen LogP contribution in [-0.2, 0) is 0 Å². The van der Waals surface area contributed by atoms with E-state index >= 15 is 0 Å². The van der Waals surface area contributed by atoms with Gasteiger partial charge in [0.1, 0.15) is 11.1 Å². The molecular formula is C15H12Cl2N2OS. The van der Waals surface area contributed by atoms with Gasteiger partial charge in [0.15, 0.2) is 0 Å². The maximum Gasteiger partial charge on any atom is 0.114 e. The van der Waals surface area contributed by atoms with E-state index in [0.29, 0.717) is 32.0 Å². The first kappa shape index (κ1) is 16.1. The van der Waals surface area contributed by atoms with Gasteiger partial charge >= 0.3 is 0 Å². The van der Waals surface area contributed by atoms with E-state index in [0.717, 1.165) is 5.56 Å². The van der Waals surface area contributed by atoms with Crippen molar-refractivity contribution >= 4 is 35.0 Å². The highest BCUT2D eigenvalue weighted by Crippen LogP contribution is 2.31. The molecule has 1 heterocycles. The molecule has 2 aromatic rings. The third kappa shape index (κ3) is 4.12. The molecule has 0 aliphatic carbocycles. The molecule has 108 valence electrons. The molecule has 0 fully saturated rings. The number of pyridine rings is 1. The summed E-state index contributed by atoms with van der Waals surface area (Å²) in [6, 6.07) is 8.86. The summed E-state index contributed by atoms with van der Waals surface area (Å²) in [6.45, 7) is 1.88. The van der Waals surface area contributed by atoms with Crippen molar-refractivity contribution < 1.29 is 5.11 Å². The molecule has 0 bridgehead atoms. The minimum Gasteiger partial charge on any atom is -0.387 e. The fraction of sp³-hybridized carbons (Fsp3) is 0.200. The van der Waals surface area contributed by atoms with Crippen molar-refractivity contribution in [3.8, 4) is 6.07 Å². The second kappa shape index (κ2) is 7.15. The number of aliphatic hydroxyl groups is 1. The Bertz CT molecular complexity index is 701. The lowest BCUT2D eigenvalue weighted by Gasteiger charge is -2.13. The molecule has 0 saturated carbocycles. The second-order valence-electron chi connectivity index (χ2n) is 4.47. The summed E-state index contributed by atoms with van der Waals surface area (Å²) in [5.74, 6) is 0.353. The zero-order valence-corrected chi connectivity index (χ0v) is 13.5. The number of hydrogen-bond donors (Lipinski definition) is 1. The third-order valence-corrected chi connectivity index (χ3v) is 4.45. The number of aryl methyl sites for hydroxylation is 1. The van der Waals surface area contributed by atoms with Crippen LogP contribution >= 0.6 is 35.0 Å². The maximum atomic E-state index is 10.2. The lowest BCUT2D eigenvalue weighted by Crippen LogP contribution is -2.02. The summed E-state index contributed by atoms with van der Waals surface area (Å²) in [5.41, 5.74) is 2.05. The molecule has 0 aliphatic heterocycles. The molecule has 0 amide bonds. The van der Waals surface area contributed by atoms with Gasteiger partial charge in [-0.15, -0.1) is 11.8 Å². The van der Waals surface area contributed by atoms with Gasteiger partial charge in [0, 0.05) is 27.6 Å². The van der Waals surface area contributed by atoms with Crippen molar-refractivity contribution in [3.05, 3.63) is 57.2 Å². The lowest BCUT2D eigenvalue weighted by molar-refractivity contribution is 0.204. The van der Waals surface area contributed by atoms with Crippen LogP contribution in [-0.4, -0.2) is 15.8 Å². The lowest BCUT2D eigenvalue weighted by atomic mass is 10.1. The molecule has 0 spiro atoms. The Hall–Kier alpha value is -1.25. The smallest absolute Gasteiger partial charge is 0.114 e. The normalized spacial score (nSPS) is 12.0. The van der Waals surface area contributed by atoms with Gasteiger partial charge in [0.05, 0.1) is 11.7 Å². The Kier molecular flexibility index (Phi) is 5.49. The van der Waals surface area contributed by atoms with Gasteiger partial charge in [-0.1, -0.05) is 29.3 Å². The van der Waals surface area contributed by atoms with E-state index in [1.54, 1.807) is 30.5 Å². The highest BCUT2D eigenvalue weighted by Gasteiger charge is 2.14. The van der Waals surface area contributed by atoms with Crippen LogP contribution < -0.4 is 0 Å². The van der Waals surface area contributed by atoms with Gasteiger partial charge in [-0.25, -0.2) is 4.98 Å². The molecule has 1 aromatic carbocycles. The predicted octanol–water partition coefficient (Wildman–Crippen LogP) is 4.39. The molecule has 0 saturated heterocycles. The Labute approximate surface area is 137 Å². The number of benzene rings is 1. The number of aliphatic hydroxyl groups excluding tert-OH is 1. The first-order chi connectivity index (χ1) is 10.0. The van der Waals surface area contributed by atoms with E-state index < -0.39 is 6.10 Å². The summed E-state index contributed by atoms with van der Waals surface area (Å²) in [6.07, 6.45) is 0.944. The molecule has 21 heavy (non-hydrogen) atoms. The van der Waals surface area contributed by atoms with E-state index in [1.165, 1.54) is 11.8 Å². The number of nitriles is 1. The van der Waals surface area contributed by atoms with Crippen LogP contribution in [0.3, 0.4) is 0 Å². The highest BCUT2D eigenvalue weighted by atomic mass is 35.5. The van der Waals surface area contributed by atoms with E-state index in [-0.39, 0.29) is 0 Å². The number of rotatable bonds is 4. The first-order valence-corrected chi connectivity index (χ1v) is 7.88. The Morgan fingerprint density at radius 2 is 2.14 bits per heavy atom. The van der Waals surface area contributed by atoms with Crippen molar-refractivity contribution in [3.63, 3.8) is 0 Å². The molecule has 1 unspecified atom stereocenters. The average molecular weight is 339 g/mol. The fourth-order valence-electron chi connectivity index (χ4n) is 1.77. The summed E-state index contributed by atoms with van der Waals surface area (Å²) in [5, 5.41) is 20.9. The van der Waals surface area contributed by atoms with Crippen LogP contribution in [0.2, 0.25) is 10.0 Å². The Balaban J connectivity index is 2.11. The molecule has 0 aliphatic rings.